The standard InChI is InChI=1S/C28H29N3O4S2/c1-20-10-15-25-26(17-20)36-28(29-25)31(18-21-7-4-3-5-8-21)27(32)22-9-6-16-30(19-22)37(33,34)24-13-11-23(35-2)12-14-24/h3-5,7-8,10-15,17,22H,6,9,16,18-19H2,1-2H3. The molecule has 0 saturated carbocycles. The normalized spacial score (nSPS) is 16.5. The molecule has 2 heterocycles. The van der Waals surface area contributed by atoms with E-state index in [4.69, 9.17) is 9.72 Å². The molecule has 1 amide bonds. The Morgan fingerprint density at radius 3 is 2.59 bits per heavy atom. The molecule has 0 spiro atoms. The predicted octanol–water partition coefficient (Wildman–Crippen LogP) is 5.25. The van der Waals surface area contributed by atoms with Gasteiger partial charge in [-0.3, -0.25) is 9.69 Å². The van der Waals surface area contributed by atoms with Crippen LogP contribution in [0.1, 0.15) is 24.0 Å². The highest BCUT2D eigenvalue weighted by Crippen LogP contribution is 2.33. The van der Waals surface area contributed by atoms with E-state index in [1.807, 2.05) is 49.4 Å². The molecule has 1 atom stereocenters. The van der Waals surface area contributed by atoms with Gasteiger partial charge >= 0.3 is 0 Å². The summed E-state index contributed by atoms with van der Waals surface area (Å²) >= 11 is 1.49. The summed E-state index contributed by atoms with van der Waals surface area (Å²) in [6.45, 7) is 2.94. The van der Waals surface area contributed by atoms with E-state index in [9.17, 15) is 13.2 Å². The van der Waals surface area contributed by atoms with Crippen molar-refractivity contribution in [1.82, 2.24) is 9.29 Å². The summed E-state index contributed by atoms with van der Waals surface area (Å²) in [5.74, 6) is 0.0294. The fourth-order valence-electron chi connectivity index (χ4n) is 4.62. The van der Waals surface area contributed by atoms with Crippen LogP contribution in [-0.4, -0.2) is 43.8 Å². The van der Waals surface area contributed by atoms with Gasteiger partial charge in [0, 0.05) is 13.1 Å². The third-order valence-corrected chi connectivity index (χ3v) is 9.56. The second-order valence-electron chi connectivity index (χ2n) is 9.26. The van der Waals surface area contributed by atoms with Crippen LogP contribution in [0.5, 0.6) is 5.75 Å². The molecule has 1 aromatic heterocycles. The second-order valence-corrected chi connectivity index (χ2v) is 12.2. The number of nitrogens with zero attached hydrogens (tertiary/aromatic N) is 3. The summed E-state index contributed by atoms with van der Waals surface area (Å²) in [4.78, 5) is 20.7. The van der Waals surface area contributed by atoms with Crippen LogP contribution in [0, 0.1) is 12.8 Å². The highest BCUT2D eigenvalue weighted by molar-refractivity contribution is 7.89. The number of fused-ring (bicyclic) bond motifs is 1. The second kappa shape index (κ2) is 10.6. The topological polar surface area (TPSA) is 79.8 Å². The summed E-state index contributed by atoms with van der Waals surface area (Å²) in [7, 11) is -2.19. The number of sulfonamides is 1. The van der Waals surface area contributed by atoms with Crippen LogP contribution in [0.15, 0.2) is 77.7 Å². The van der Waals surface area contributed by atoms with Crippen molar-refractivity contribution in [3.05, 3.63) is 83.9 Å². The number of ether oxygens (including phenoxy) is 1. The van der Waals surface area contributed by atoms with Crippen molar-refractivity contribution >= 4 is 42.6 Å². The lowest BCUT2D eigenvalue weighted by molar-refractivity contribution is -0.123. The minimum Gasteiger partial charge on any atom is -0.497 e. The van der Waals surface area contributed by atoms with E-state index >= 15 is 0 Å². The molecular weight excluding hydrogens is 506 g/mol. The number of aromatic nitrogens is 1. The molecule has 4 aromatic rings. The Bertz CT molecular complexity index is 1500. The Kier molecular flexibility index (Phi) is 7.28. The van der Waals surface area contributed by atoms with E-state index in [2.05, 4.69) is 6.07 Å². The molecule has 192 valence electrons. The minimum atomic E-state index is -3.73. The van der Waals surface area contributed by atoms with Gasteiger partial charge in [0.25, 0.3) is 0 Å². The largest absolute Gasteiger partial charge is 0.497 e. The van der Waals surface area contributed by atoms with Crippen LogP contribution in [0.2, 0.25) is 0 Å². The highest BCUT2D eigenvalue weighted by Gasteiger charge is 2.36. The van der Waals surface area contributed by atoms with Crippen molar-refractivity contribution in [2.45, 2.75) is 31.2 Å². The number of carbonyl (C=O) groups excluding carboxylic acids is 1. The summed E-state index contributed by atoms with van der Waals surface area (Å²) < 4.78 is 34.4. The maximum atomic E-state index is 14.0. The third-order valence-electron chi connectivity index (χ3n) is 6.64. The van der Waals surface area contributed by atoms with Gasteiger partial charge in [-0.25, -0.2) is 13.4 Å². The summed E-state index contributed by atoms with van der Waals surface area (Å²) in [6.07, 6.45) is 1.24. The number of benzene rings is 3. The Hall–Kier alpha value is -3.27. The van der Waals surface area contributed by atoms with E-state index in [0.717, 1.165) is 21.3 Å². The molecule has 1 aliphatic heterocycles. The molecule has 0 aliphatic carbocycles. The molecule has 1 unspecified atom stereocenters. The number of methoxy groups -OCH3 is 1. The number of thiazole rings is 1. The molecule has 37 heavy (non-hydrogen) atoms. The number of amides is 1. The summed E-state index contributed by atoms with van der Waals surface area (Å²) in [5, 5.41) is 0.629. The Morgan fingerprint density at radius 1 is 1.11 bits per heavy atom. The van der Waals surface area contributed by atoms with E-state index in [-0.39, 0.29) is 17.3 Å². The molecular formula is C28H29N3O4S2. The highest BCUT2D eigenvalue weighted by atomic mass is 32.2. The lowest BCUT2D eigenvalue weighted by Crippen LogP contribution is -2.46. The lowest BCUT2D eigenvalue weighted by atomic mass is 9.98. The zero-order valence-corrected chi connectivity index (χ0v) is 22.5. The predicted molar refractivity (Wildman–Crippen MR) is 146 cm³/mol. The molecule has 0 bridgehead atoms. The van der Waals surface area contributed by atoms with Crippen molar-refractivity contribution in [2.24, 2.45) is 5.92 Å². The maximum Gasteiger partial charge on any atom is 0.243 e. The Morgan fingerprint density at radius 2 is 1.86 bits per heavy atom. The van der Waals surface area contributed by atoms with Gasteiger partial charge in [0.2, 0.25) is 15.9 Å². The van der Waals surface area contributed by atoms with E-state index in [1.165, 1.54) is 22.8 Å². The van der Waals surface area contributed by atoms with Crippen LogP contribution in [0.25, 0.3) is 10.2 Å². The molecule has 3 aromatic carbocycles. The van der Waals surface area contributed by atoms with Gasteiger partial charge < -0.3 is 4.74 Å². The third kappa shape index (κ3) is 5.39. The van der Waals surface area contributed by atoms with Crippen molar-refractivity contribution in [3.8, 4) is 5.75 Å². The molecule has 9 heteroatoms. The Balaban J connectivity index is 1.43. The first-order chi connectivity index (χ1) is 17.8. The van der Waals surface area contributed by atoms with E-state index in [0.29, 0.717) is 36.8 Å². The van der Waals surface area contributed by atoms with Crippen LogP contribution in [-0.2, 0) is 21.4 Å². The van der Waals surface area contributed by atoms with Crippen LogP contribution >= 0.6 is 11.3 Å². The first kappa shape index (κ1) is 25.4. The average Bonchev–Trinajstić information content (AvgIpc) is 3.35. The minimum absolute atomic E-state index is 0.103. The van der Waals surface area contributed by atoms with Gasteiger partial charge in [-0.15, -0.1) is 0 Å². The van der Waals surface area contributed by atoms with Gasteiger partial charge in [0.1, 0.15) is 5.75 Å². The molecule has 1 fully saturated rings. The van der Waals surface area contributed by atoms with Gasteiger partial charge in [0.05, 0.1) is 34.7 Å². The number of anilines is 1. The number of carbonyl (C=O) groups is 1. The number of piperidine rings is 1. The van der Waals surface area contributed by atoms with Crippen molar-refractivity contribution in [3.63, 3.8) is 0 Å². The van der Waals surface area contributed by atoms with E-state index < -0.39 is 15.9 Å². The lowest BCUT2D eigenvalue weighted by Gasteiger charge is -2.33. The fraction of sp³-hybridized carbons (Fsp3) is 0.286. The Labute approximate surface area is 221 Å². The molecule has 0 N–H and O–H groups in total. The fourth-order valence-corrected chi connectivity index (χ4v) is 7.21. The number of aryl methyl sites for hydroxylation is 1. The van der Waals surface area contributed by atoms with Crippen LogP contribution in [0.3, 0.4) is 0 Å². The molecule has 7 nitrogen and oxygen atoms in total. The quantitative estimate of drug-likeness (QED) is 0.323. The SMILES string of the molecule is COc1ccc(S(=O)(=O)N2CCCC(C(=O)N(Cc3ccccc3)c3nc4ccc(C)cc4s3)C2)cc1. The van der Waals surface area contributed by atoms with Crippen molar-refractivity contribution in [2.75, 3.05) is 25.1 Å². The monoisotopic (exact) mass is 535 g/mol. The molecule has 1 aliphatic rings. The maximum absolute atomic E-state index is 14.0. The van der Waals surface area contributed by atoms with Crippen molar-refractivity contribution < 1.29 is 17.9 Å². The van der Waals surface area contributed by atoms with Crippen LogP contribution in [0.4, 0.5) is 5.13 Å². The zero-order chi connectivity index (χ0) is 26.0. The van der Waals surface area contributed by atoms with Crippen LogP contribution < -0.4 is 9.64 Å². The smallest absolute Gasteiger partial charge is 0.243 e. The first-order valence-electron chi connectivity index (χ1n) is 12.2. The number of rotatable bonds is 7. The molecule has 0 radical (unpaired) electrons. The van der Waals surface area contributed by atoms with Gasteiger partial charge in [-0.05, 0) is 67.3 Å². The molecule has 5 rings (SSSR count). The van der Waals surface area contributed by atoms with Gasteiger partial charge in [-0.1, -0.05) is 47.7 Å². The summed E-state index contributed by atoms with van der Waals surface area (Å²) in [5.41, 5.74) is 2.98. The number of hydrogen-bond donors (Lipinski definition) is 0. The number of hydrogen-bond acceptors (Lipinski definition) is 6. The average molecular weight is 536 g/mol. The first-order valence-corrected chi connectivity index (χ1v) is 14.5. The van der Waals surface area contributed by atoms with Gasteiger partial charge in [-0.2, -0.15) is 4.31 Å². The van der Waals surface area contributed by atoms with E-state index in [1.54, 1.807) is 29.2 Å². The zero-order valence-electron chi connectivity index (χ0n) is 20.8. The van der Waals surface area contributed by atoms with Gasteiger partial charge in [0.15, 0.2) is 5.13 Å². The molecule has 1 saturated heterocycles. The summed E-state index contributed by atoms with van der Waals surface area (Å²) in [6, 6.07) is 22.2. The van der Waals surface area contributed by atoms with Crippen molar-refractivity contribution in [1.29, 1.82) is 0 Å².